The number of carbonyl (C=O) groups excluding carboxylic acids is 1. The molecule has 0 radical (unpaired) electrons. The summed E-state index contributed by atoms with van der Waals surface area (Å²) in [6.07, 6.45) is -0.813. The molecule has 0 amide bonds. The average Bonchev–Trinajstić information content (AvgIpc) is 2.98. The highest BCUT2D eigenvalue weighted by Crippen LogP contribution is 2.48. The van der Waals surface area contributed by atoms with E-state index in [-0.39, 0.29) is 36.9 Å². The van der Waals surface area contributed by atoms with Crippen molar-refractivity contribution in [1.82, 2.24) is 0 Å². The van der Waals surface area contributed by atoms with E-state index in [9.17, 15) is 9.90 Å². The van der Waals surface area contributed by atoms with Crippen LogP contribution in [0.1, 0.15) is 32.8 Å². The van der Waals surface area contributed by atoms with Gasteiger partial charge in [0, 0.05) is 6.42 Å². The van der Waals surface area contributed by atoms with Gasteiger partial charge in [0.05, 0.1) is 32.0 Å². The van der Waals surface area contributed by atoms with E-state index in [4.69, 9.17) is 18.6 Å². The molecule has 0 aliphatic carbocycles. The normalized spacial score (nSPS) is 30.1. The molecule has 162 valence electrons. The van der Waals surface area contributed by atoms with Gasteiger partial charge in [-0.3, -0.25) is 4.79 Å². The fourth-order valence-corrected chi connectivity index (χ4v) is 5.13. The van der Waals surface area contributed by atoms with Crippen molar-refractivity contribution >= 4 is 14.3 Å². The van der Waals surface area contributed by atoms with Crippen molar-refractivity contribution in [2.75, 3.05) is 19.8 Å². The van der Waals surface area contributed by atoms with E-state index in [0.29, 0.717) is 13.0 Å². The van der Waals surface area contributed by atoms with Crippen LogP contribution in [0.2, 0.25) is 18.1 Å². The highest BCUT2D eigenvalue weighted by atomic mass is 28.4. The number of fused-ring (bicyclic) bond motifs is 1. The van der Waals surface area contributed by atoms with Crippen molar-refractivity contribution in [2.45, 2.75) is 70.2 Å². The first-order valence-corrected chi connectivity index (χ1v) is 13.2. The topological polar surface area (TPSA) is 74.2 Å². The van der Waals surface area contributed by atoms with Crippen LogP contribution in [-0.2, 0) is 30.0 Å². The Bertz CT molecular complexity index is 701. The molecule has 2 heterocycles. The average molecular weight is 423 g/mol. The van der Waals surface area contributed by atoms with Crippen molar-refractivity contribution < 1.29 is 28.5 Å². The van der Waals surface area contributed by atoms with Crippen molar-refractivity contribution in [3.8, 4) is 0 Å². The predicted octanol–water partition coefficient (Wildman–Crippen LogP) is 3.29. The Balaban J connectivity index is 1.85. The predicted molar refractivity (Wildman–Crippen MR) is 112 cm³/mol. The zero-order valence-electron chi connectivity index (χ0n) is 18.1. The zero-order chi connectivity index (χ0) is 21.3. The summed E-state index contributed by atoms with van der Waals surface area (Å²) >= 11 is 0. The van der Waals surface area contributed by atoms with Gasteiger partial charge in [0.25, 0.3) is 0 Å². The molecule has 29 heavy (non-hydrogen) atoms. The fourth-order valence-electron chi connectivity index (χ4n) is 3.76. The number of aliphatic hydroxyl groups is 1. The molecule has 2 fully saturated rings. The van der Waals surface area contributed by atoms with Crippen molar-refractivity contribution in [3.63, 3.8) is 0 Å². The molecule has 6 nitrogen and oxygen atoms in total. The molecular formula is C22H34O6Si. The number of benzene rings is 1. The molecule has 4 atom stereocenters. The van der Waals surface area contributed by atoms with Crippen LogP contribution in [0.5, 0.6) is 0 Å². The minimum atomic E-state index is -2.17. The van der Waals surface area contributed by atoms with Gasteiger partial charge >= 0.3 is 5.97 Å². The van der Waals surface area contributed by atoms with Gasteiger partial charge in [-0.25, -0.2) is 0 Å². The molecule has 0 saturated carbocycles. The minimum Gasteiger partial charge on any atom is -0.462 e. The number of ether oxygens (including phenoxy) is 3. The third-order valence-electron chi connectivity index (χ3n) is 6.63. The van der Waals surface area contributed by atoms with Gasteiger partial charge in [0.2, 0.25) is 0 Å². The molecule has 1 unspecified atom stereocenters. The number of esters is 1. The first-order chi connectivity index (χ1) is 13.6. The van der Waals surface area contributed by atoms with E-state index in [1.165, 1.54) is 0 Å². The van der Waals surface area contributed by atoms with Crippen LogP contribution in [0.15, 0.2) is 30.3 Å². The maximum Gasteiger partial charge on any atom is 0.319 e. The quantitative estimate of drug-likeness (QED) is 0.537. The Morgan fingerprint density at radius 1 is 1.24 bits per heavy atom. The Morgan fingerprint density at radius 3 is 2.55 bits per heavy atom. The third-order valence-corrected chi connectivity index (χ3v) is 11.1. The lowest BCUT2D eigenvalue weighted by Gasteiger charge is -2.49. The number of rotatable bonds is 7. The summed E-state index contributed by atoms with van der Waals surface area (Å²) in [5.41, 5.74) is 0.0364. The Labute approximate surface area is 174 Å². The van der Waals surface area contributed by atoms with E-state index in [1.807, 2.05) is 30.3 Å². The lowest BCUT2D eigenvalue weighted by Crippen LogP contribution is -2.61. The van der Waals surface area contributed by atoms with Gasteiger partial charge in [0.1, 0.15) is 18.1 Å². The largest absolute Gasteiger partial charge is 0.462 e. The van der Waals surface area contributed by atoms with Crippen molar-refractivity contribution in [1.29, 1.82) is 0 Å². The molecule has 2 aliphatic rings. The summed E-state index contributed by atoms with van der Waals surface area (Å²) < 4.78 is 24.2. The molecule has 0 aromatic heterocycles. The molecule has 2 saturated heterocycles. The molecule has 0 spiro atoms. The standard InChI is InChI=1S/C22H34O6Si/c1-21(2,3)29(4,5)28-18-11-17(12-23)27-19-14-26-20(24)22(18,19)15-25-13-16-9-7-6-8-10-16/h6-10,17-19,23H,11-15H2,1-5H3/t17-,18+,19?,22-/m0/s1. The van der Waals surface area contributed by atoms with Gasteiger partial charge in [-0.15, -0.1) is 0 Å². The summed E-state index contributed by atoms with van der Waals surface area (Å²) in [4.78, 5) is 13.0. The summed E-state index contributed by atoms with van der Waals surface area (Å²) in [6.45, 7) is 11.5. The van der Waals surface area contributed by atoms with E-state index >= 15 is 0 Å². The lowest BCUT2D eigenvalue weighted by atomic mass is 9.75. The van der Waals surface area contributed by atoms with Crippen LogP contribution in [0.3, 0.4) is 0 Å². The van der Waals surface area contributed by atoms with Crippen LogP contribution in [0.4, 0.5) is 0 Å². The number of hydrogen-bond acceptors (Lipinski definition) is 6. The first-order valence-electron chi connectivity index (χ1n) is 10.3. The number of hydrogen-bond donors (Lipinski definition) is 1. The van der Waals surface area contributed by atoms with Crippen LogP contribution < -0.4 is 0 Å². The van der Waals surface area contributed by atoms with Gasteiger partial charge in [-0.05, 0) is 23.7 Å². The van der Waals surface area contributed by atoms with Crippen molar-refractivity contribution in [2.24, 2.45) is 5.41 Å². The molecule has 2 aliphatic heterocycles. The van der Waals surface area contributed by atoms with Crippen LogP contribution >= 0.6 is 0 Å². The second kappa shape index (κ2) is 8.47. The second-order valence-corrected chi connectivity index (χ2v) is 14.4. The van der Waals surface area contributed by atoms with Gasteiger partial charge in [-0.1, -0.05) is 51.1 Å². The summed E-state index contributed by atoms with van der Waals surface area (Å²) in [6, 6.07) is 9.86. The molecule has 1 N–H and O–H groups in total. The third kappa shape index (κ3) is 4.44. The smallest absolute Gasteiger partial charge is 0.319 e. The Morgan fingerprint density at radius 2 is 1.93 bits per heavy atom. The highest BCUT2D eigenvalue weighted by molar-refractivity contribution is 6.74. The monoisotopic (exact) mass is 422 g/mol. The maximum atomic E-state index is 13.0. The van der Waals surface area contributed by atoms with Crippen molar-refractivity contribution in [3.05, 3.63) is 35.9 Å². The van der Waals surface area contributed by atoms with E-state index in [0.717, 1.165) is 5.56 Å². The van der Waals surface area contributed by atoms with Crippen LogP contribution in [0.25, 0.3) is 0 Å². The fraction of sp³-hybridized carbons (Fsp3) is 0.682. The Hall–Kier alpha value is -1.25. The van der Waals surface area contributed by atoms with Gasteiger partial charge in [-0.2, -0.15) is 0 Å². The van der Waals surface area contributed by atoms with Crippen LogP contribution in [0, 0.1) is 5.41 Å². The summed E-state index contributed by atoms with van der Waals surface area (Å²) in [7, 11) is -2.17. The molecule has 1 aromatic carbocycles. The molecule has 0 bridgehead atoms. The van der Waals surface area contributed by atoms with Gasteiger partial charge in [0.15, 0.2) is 8.32 Å². The highest BCUT2D eigenvalue weighted by Gasteiger charge is 2.63. The van der Waals surface area contributed by atoms with Gasteiger partial charge < -0.3 is 23.7 Å². The van der Waals surface area contributed by atoms with E-state index in [1.54, 1.807) is 0 Å². The maximum absolute atomic E-state index is 13.0. The summed E-state index contributed by atoms with van der Waals surface area (Å²) in [5, 5.41) is 9.73. The zero-order valence-corrected chi connectivity index (χ0v) is 19.1. The molecule has 7 heteroatoms. The molecular weight excluding hydrogens is 388 g/mol. The molecule has 1 aromatic rings. The minimum absolute atomic E-state index is 0.00981. The summed E-state index contributed by atoms with van der Waals surface area (Å²) in [5.74, 6) is -0.323. The molecule has 3 rings (SSSR count). The second-order valence-electron chi connectivity index (χ2n) is 9.65. The lowest BCUT2D eigenvalue weighted by molar-refractivity contribution is -0.195. The SMILES string of the molecule is CC(C)(C)[Si](C)(C)O[C@@H]1C[C@@H](CO)OC2COC(=O)[C@]21COCc1ccccc1. The van der Waals surface area contributed by atoms with E-state index in [2.05, 4.69) is 33.9 Å². The number of cyclic esters (lactones) is 1. The Kier molecular flexibility index (Phi) is 6.55. The van der Waals surface area contributed by atoms with Crippen LogP contribution in [-0.4, -0.2) is 57.5 Å². The van der Waals surface area contributed by atoms with E-state index < -0.39 is 25.9 Å². The number of carbonyl (C=O) groups is 1. The first kappa shape index (κ1) is 22.4. The number of aliphatic hydroxyl groups excluding tert-OH is 1.